The molecule has 0 radical (unpaired) electrons. The molecule has 1 spiro atoms. The van der Waals surface area contributed by atoms with Gasteiger partial charge in [-0.3, -0.25) is 9.59 Å². The number of hydrogen-bond acceptors (Lipinski definition) is 15. The van der Waals surface area contributed by atoms with Gasteiger partial charge in [0.2, 0.25) is 5.91 Å². The van der Waals surface area contributed by atoms with Gasteiger partial charge in [-0.2, -0.15) is 0 Å². The van der Waals surface area contributed by atoms with Crippen LogP contribution in [0.1, 0.15) is 99.7 Å². The Morgan fingerprint density at radius 2 is 1.39 bits per heavy atom. The van der Waals surface area contributed by atoms with Crippen molar-refractivity contribution in [2.75, 3.05) is 95.3 Å². The number of nitrogens with one attached hydrogen (secondary N) is 1. The Hall–Kier alpha value is -5.18. The van der Waals surface area contributed by atoms with E-state index in [1.165, 1.54) is 38.3 Å². The Labute approximate surface area is 407 Å². The van der Waals surface area contributed by atoms with Crippen molar-refractivity contribution < 1.29 is 53.7 Å². The number of ether oxygens (including phenoxy) is 5. The van der Waals surface area contributed by atoms with Gasteiger partial charge in [-0.1, -0.05) is 23.4 Å². The normalized spacial score (nSPS) is 23.6. The number of carbonyl (C=O) groups is 2. The molecule has 18 heteroatoms. The molecular formula is C52H65N7O11. The van der Waals surface area contributed by atoms with Crippen LogP contribution in [-0.2, 0) is 61.4 Å². The minimum atomic E-state index is -1.50. The maximum absolute atomic E-state index is 15.0. The third kappa shape index (κ3) is 8.32. The van der Waals surface area contributed by atoms with Crippen molar-refractivity contribution in [3.8, 4) is 11.5 Å². The zero-order chi connectivity index (χ0) is 47.9. The lowest BCUT2D eigenvalue weighted by Gasteiger charge is -2.49. The van der Waals surface area contributed by atoms with Crippen molar-refractivity contribution in [3.63, 3.8) is 0 Å². The monoisotopic (exact) mass is 963 g/mol. The first-order valence-electron chi connectivity index (χ1n) is 25.5. The summed E-state index contributed by atoms with van der Waals surface area (Å²) in [6, 6.07) is 12.9. The number of nitrogens with zero attached hydrogens (tertiary/aromatic N) is 6. The minimum absolute atomic E-state index is 0.0310. The van der Waals surface area contributed by atoms with Crippen molar-refractivity contribution in [3.05, 3.63) is 92.8 Å². The van der Waals surface area contributed by atoms with Gasteiger partial charge in [0.05, 0.1) is 51.5 Å². The third-order valence-electron chi connectivity index (χ3n) is 15.4. The zero-order valence-electron chi connectivity index (χ0n) is 39.7. The highest BCUT2D eigenvalue weighted by Gasteiger charge is 2.58. The fourth-order valence-corrected chi connectivity index (χ4v) is 12.3. The maximum Gasteiger partial charge on any atom is 0.255 e. The van der Waals surface area contributed by atoms with Crippen molar-refractivity contribution >= 4 is 23.2 Å². The van der Waals surface area contributed by atoms with Crippen LogP contribution in [0.3, 0.4) is 0 Å². The van der Waals surface area contributed by atoms with Crippen LogP contribution in [0, 0.1) is 0 Å². The molecule has 0 aliphatic carbocycles. The quantitative estimate of drug-likeness (QED) is 0.0908. The summed E-state index contributed by atoms with van der Waals surface area (Å²) >= 11 is 0. The van der Waals surface area contributed by atoms with Gasteiger partial charge in [0.15, 0.2) is 6.23 Å². The SMILES string of the molecule is O=C(CCOCCOCCOCCCc1cn([C@H]2OC(CO)[C@H](O)C(O)C2O)nn1)NCCN1C(=O)c2ccccc2C12c1cc3c4c(c1Oc1c2cc2c5c1CCCN5CCC2)CCCN4CCC3. The summed E-state index contributed by atoms with van der Waals surface area (Å²) in [6.07, 6.45) is 4.64. The lowest BCUT2D eigenvalue weighted by Crippen LogP contribution is -2.56. The average Bonchev–Trinajstić information content (AvgIpc) is 3.95. The van der Waals surface area contributed by atoms with E-state index in [1.807, 2.05) is 17.0 Å². The lowest BCUT2D eigenvalue weighted by molar-refractivity contribution is -0.254. The molecule has 70 heavy (non-hydrogen) atoms. The summed E-state index contributed by atoms with van der Waals surface area (Å²) in [5.74, 6) is 1.67. The molecule has 3 unspecified atom stereocenters. The fraction of sp³-hybridized carbons (Fsp3) is 0.577. The highest BCUT2D eigenvalue weighted by atomic mass is 16.6. The molecule has 18 nitrogen and oxygen atoms in total. The number of hydrogen-bond donors (Lipinski definition) is 5. The van der Waals surface area contributed by atoms with Crippen molar-refractivity contribution in [2.45, 2.75) is 107 Å². The van der Waals surface area contributed by atoms with Crippen LogP contribution in [0.15, 0.2) is 42.6 Å². The van der Waals surface area contributed by atoms with Gasteiger partial charge < -0.3 is 64.1 Å². The predicted molar refractivity (Wildman–Crippen MR) is 255 cm³/mol. The van der Waals surface area contributed by atoms with Gasteiger partial charge in [0, 0.05) is 91.5 Å². The molecule has 1 fully saturated rings. The minimum Gasteiger partial charge on any atom is -0.456 e. The van der Waals surface area contributed by atoms with Crippen LogP contribution in [0.2, 0.25) is 0 Å². The number of aromatic nitrogens is 3. The molecule has 5 N–H and O–H groups in total. The highest BCUT2D eigenvalue weighted by Crippen LogP contribution is 2.62. The smallest absolute Gasteiger partial charge is 0.255 e. The summed E-state index contributed by atoms with van der Waals surface area (Å²) in [5.41, 5.74) is 11.4. The first kappa shape index (κ1) is 47.2. The highest BCUT2D eigenvalue weighted by molar-refractivity contribution is 6.03. The Bertz CT molecular complexity index is 2500. The molecule has 11 rings (SSSR count). The second-order valence-corrected chi connectivity index (χ2v) is 19.6. The van der Waals surface area contributed by atoms with Crippen LogP contribution in [0.5, 0.6) is 11.5 Å². The Kier molecular flexibility index (Phi) is 13.6. The second-order valence-electron chi connectivity index (χ2n) is 19.6. The van der Waals surface area contributed by atoms with Crippen LogP contribution >= 0.6 is 0 Å². The van der Waals surface area contributed by atoms with Crippen LogP contribution in [0.4, 0.5) is 11.4 Å². The Morgan fingerprint density at radius 1 is 0.771 bits per heavy atom. The van der Waals surface area contributed by atoms with E-state index in [-0.39, 0.29) is 31.4 Å². The molecule has 0 bridgehead atoms. The van der Waals surface area contributed by atoms with E-state index in [4.69, 9.17) is 23.7 Å². The number of aliphatic hydroxyl groups is 4. The summed E-state index contributed by atoms with van der Waals surface area (Å²) in [7, 11) is 0. The molecule has 5 atom stereocenters. The van der Waals surface area contributed by atoms with Gasteiger partial charge in [-0.25, -0.2) is 4.68 Å². The lowest BCUT2D eigenvalue weighted by atomic mass is 9.70. The van der Waals surface area contributed by atoms with E-state index in [0.717, 1.165) is 106 Å². The summed E-state index contributed by atoms with van der Waals surface area (Å²) in [6.45, 7) is 6.43. The van der Waals surface area contributed by atoms with E-state index in [1.54, 1.807) is 6.20 Å². The number of fused-ring (bicyclic) bond motifs is 8. The first-order valence-corrected chi connectivity index (χ1v) is 25.5. The predicted octanol–water partition coefficient (Wildman–Crippen LogP) is 2.69. The number of benzene rings is 3. The van der Waals surface area contributed by atoms with Crippen molar-refractivity contribution in [1.29, 1.82) is 0 Å². The largest absolute Gasteiger partial charge is 0.456 e. The number of aliphatic hydroxyl groups excluding tert-OH is 4. The molecule has 1 aromatic heterocycles. The summed E-state index contributed by atoms with van der Waals surface area (Å²) in [5, 5.41) is 51.1. The number of carbonyl (C=O) groups excluding carboxylic acids is 2. The molecule has 7 aliphatic rings. The molecular weight excluding hydrogens is 899 g/mol. The fourth-order valence-electron chi connectivity index (χ4n) is 12.3. The Balaban J connectivity index is 0.686. The summed E-state index contributed by atoms with van der Waals surface area (Å²) in [4.78, 5) is 35.5. The van der Waals surface area contributed by atoms with E-state index < -0.39 is 42.8 Å². The topological polar surface area (TPSA) is 214 Å². The first-order chi connectivity index (χ1) is 34.3. The van der Waals surface area contributed by atoms with Gasteiger partial charge in [-0.15, -0.1) is 5.10 Å². The van der Waals surface area contributed by atoms with Crippen molar-refractivity contribution in [1.82, 2.24) is 25.2 Å². The number of anilines is 2. The summed E-state index contributed by atoms with van der Waals surface area (Å²) < 4.78 is 31.3. The van der Waals surface area contributed by atoms with Gasteiger partial charge in [0.25, 0.3) is 5.91 Å². The molecule has 8 heterocycles. The zero-order valence-corrected chi connectivity index (χ0v) is 39.7. The molecule has 3 aromatic carbocycles. The number of aryl methyl sites for hydroxylation is 3. The van der Waals surface area contributed by atoms with Gasteiger partial charge in [0.1, 0.15) is 41.5 Å². The van der Waals surface area contributed by atoms with Crippen LogP contribution in [0.25, 0.3) is 0 Å². The van der Waals surface area contributed by atoms with Crippen molar-refractivity contribution in [2.24, 2.45) is 0 Å². The standard InChI is InChI=1S/C52H65N7O11/c60-31-41-45(62)46(63)47(64)51(69-41)59-30-34(54-55-59)10-7-22-66-24-26-68-27-25-67-23-15-42(61)53-16-21-58-50(65)35-11-1-2-14-38(35)52(58)39-28-32-8-3-17-56-19-5-12-36(43(32)56)48(39)70-49-37-13-6-20-57-18-4-9-33(44(37)57)29-40(49)52/h1-2,11,14,28-30,41,45-47,51,60,62-64H,3-10,12-13,15-27,31H2,(H,53,61)/t41?,45-,46?,47?,51-/m0/s1. The maximum atomic E-state index is 15.0. The average molecular weight is 964 g/mol. The van der Waals surface area contributed by atoms with E-state index in [0.29, 0.717) is 63.7 Å². The number of rotatable bonds is 18. The number of amides is 2. The third-order valence-corrected chi connectivity index (χ3v) is 15.4. The molecule has 0 saturated carbocycles. The Morgan fingerprint density at radius 3 is 2.04 bits per heavy atom. The van der Waals surface area contributed by atoms with Gasteiger partial charge in [-0.05, 0) is 99.1 Å². The molecule has 7 aliphatic heterocycles. The van der Waals surface area contributed by atoms with E-state index in [2.05, 4.69) is 49.7 Å². The van der Waals surface area contributed by atoms with Gasteiger partial charge >= 0.3 is 0 Å². The second kappa shape index (κ2) is 20.1. The molecule has 4 aromatic rings. The van der Waals surface area contributed by atoms with E-state index in [9.17, 15) is 30.0 Å². The van der Waals surface area contributed by atoms with Crippen LogP contribution < -0.4 is 19.9 Å². The molecule has 374 valence electrons. The van der Waals surface area contributed by atoms with E-state index >= 15 is 0 Å². The molecule has 2 amide bonds. The van der Waals surface area contributed by atoms with Crippen LogP contribution in [-0.4, -0.2) is 162 Å². The molecule has 1 saturated heterocycles.